The maximum absolute atomic E-state index is 11.6. The summed E-state index contributed by atoms with van der Waals surface area (Å²) in [6.07, 6.45) is 0. The first-order valence-corrected chi connectivity index (χ1v) is 6.77. The van der Waals surface area contributed by atoms with Crippen LogP contribution in [-0.4, -0.2) is 33.4 Å². The second-order valence-corrected chi connectivity index (χ2v) is 5.51. The summed E-state index contributed by atoms with van der Waals surface area (Å²) in [6, 6.07) is 6.40. The van der Waals surface area contributed by atoms with Crippen LogP contribution < -0.4 is 4.74 Å². The summed E-state index contributed by atoms with van der Waals surface area (Å²) < 4.78 is 5.48. The van der Waals surface area contributed by atoms with Crippen molar-refractivity contribution in [3.63, 3.8) is 0 Å². The molecule has 94 valence electrons. The molecular weight excluding hydrogens is 294 g/mol. The Hall–Kier alpha value is -1.11. The molecule has 0 saturated carbocycles. The molecule has 0 atom stereocenters. The van der Waals surface area contributed by atoms with Crippen LogP contribution in [0.4, 0.5) is 0 Å². The van der Waals surface area contributed by atoms with E-state index >= 15 is 0 Å². The fourth-order valence-electron chi connectivity index (χ4n) is 1.33. The zero-order valence-electron chi connectivity index (χ0n) is 9.09. The van der Waals surface area contributed by atoms with Gasteiger partial charge in [0.05, 0.1) is 5.75 Å². The third-order valence-electron chi connectivity index (χ3n) is 2.17. The molecule has 1 aromatic rings. The van der Waals surface area contributed by atoms with Crippen molar-refractivity contribution in [2.24, 2.45) is 0 Å². The highest BCUT2D eigenvalue weighted by Crippen LogP contribution is 2.20. The first-order chi connectivity index (χ1) is 8.56. The van der Waals surface area contributed by atoms with E-state index in [4.69, 9.17) is 28.6 Å². The van der Waals surface area contributed by atoms with Crippen molar-refractivity contribution in [3.8, 4) is 5.75 Å². The average Bonchev–Trinajstić information content (AvgIpc) is 2.64. The zero-order chi connectivity index (χ0) is 13.1. The van der Waals surface area contributed by atoms with Gasteiger partial charge in [0.25, 0.3) is 0 Å². The number of carbonyl (C=O) groups is 2. The molecule has 1 fully saturated rings. The number of carbonyl (C=O) groups excluding carboxylic acids is 2. The Morgan fingerprint density at radius 3 is 2.67 bits per heavy atom. The van der Waals surface area contributed by atoms with Crippen LogP contribution in [0, 0.1) is 0 Å². The molecule has 1 heterocycles. The number of hydrogen-bond acceptors (Lipinski definition) is 5. The van der Waals surface area contributed by atoms with Crippen molar-refractivity contribution in [1.29, 1.82) is 0 Å². The first-order valence-electron chi connectivity index (χ1n) is 4.99. The summed E-state index contributed by atoms with van der Waals surface area (Å²) in [5, 5.41) is 0.557. The molecule has 0 radical (unpaired) electrons. The van der Waals surface area contributed by atoms with Gasteiger partial charge in [-0.25, -0.2) is 4.79 Å². The van der Waals surface area contributed by atoms with E-state index in [1.165, 1.54) is 16.7 Å². The monoisotopic (exact) mass is 301 g/mol. The van der Waals surface area contributed by atoms with E-state index < -0.39 is 5.97 Å². The largest absolute Gasteiger partial charge is 0.425 e. The van der Waals surface area contributed by atoms with E-state index in [1.54, 1.807) is 24.3 Å². The fraction of sp³-hybridized carbons (Fsp3) is 0.182. The Morgan fingerprint density at radius 1 is 1.44 bits per heavy atom. The number of ether oxygens (including phenoxy) is 1. The number of halogens is 1. The van der Waals surface area contributed by atoms with E-state index in [0.717, 1.165) is 0 Å². The number of rotatable bonds is 3. The lowest BCUT2D eigenvalue weighted by Crippen LogP contribution is -2.35. The molecule has 18 heavy (non-hydrogen) atoms. The Labute approximate surface area is 118 Å². The van der Waals surface area contributed by atoms with Gasteiger partial charge in [-0.15, -0.1) is 0 Å². The lowest BCUT2D eigenvalue weighted by molar-refractivity contribution is -0.138. The van der Waals surface area contributed by atoms with Gasteiger partial charge in [0.15, 0.2) is 0 Å². The molecule has 0 bridgehead atoms. The Kier molecular flexibility index (Phi) is 4.21. The van der Waals surface area contributed by atoms with Gasteiger partial charge in [0.1, 0.15) is 16.6 Å². The predicted molar refractivity (Wildman–Crippen MR) is 73.9 cm³/mol. The molecule has 1 amide bonds. The number of hydrogen-bond donors (Lipinski definition) is 0. The smallest absolute Gasteiger partial charge is 0.331 e. The molecule has 4 nitrogen and oxygen atoms in total. The lowest BCUT2D eigenvalue weighted by atomic mass is 10.3. The summed E-state index contributed by atoms with van der Waals surface area (Å²) in [7, 11) is 0. The first kappa shape index (κ1) is 13.3. The van der Waals surface area contributed by atoms with E-state index in [2.05, 4.69) is 0 Å². The van der Waals surface area contributed by atoms with Gasteiger partial charge < -0.3 is 4.74 Å². The molecule has 7 heteroatoms. The average molecular weight is 302 g/mol. The van der Waals surface area contributed by atoms with Gasteiger partial charge in [0, 0.05) is 5.02 Å². The van der Waals surface area contributed by atoms with Gasteiger partial charge in [-0.05, 0) is 24.3 Å². The quantitative estimate of drug-likeness (QED) is 0.486. The second-order valence-electron chi connectivity index (χ2n) is 3.46. The van der Waals surface area contributed by atoms with Crippen molar-refractivity contribution in [3.05, 3.63) is 29.3 Å². The minimum absolute atomic E-state index is 0.159. The molecule has 0 N–H and O–H groups in total. The molecule has 1 aliphatic heterocycles. The standard InChI is InChI=1S/C11H8ClNO3S2/c12-7-1-3-8(4-2-7)16-10(15)5-13-9(14)6-18-11(13)17/h1-4H,5-6H2. The minimum Gasteiger partial charge on any atom is -0.425 e. The normalized spacial score (nSPS) is 15.1. The highest BCUT2D eigenvalue weighted by Gasteiger charge is 2.28. The van der Waals surface area contributed by atoms with Gasteiger partial charge in [-0.3, -0.25) is 9.69 Å². The van der Waals surface area contributed by atoms with Crippen molar-refractivity contribution < 1.29 is 14.3 Å². The number of esters is 1. The van der Waals surface area contributed by atoms with Crippen molar-refractivity contribution >= 4 is 51.8 Å². The molecule has 0 unspecified atom stereocenters. The Balaban J connectivity index is 1.94. The van der Waals surface area contributed by atoms with Gasteiger partial charge in [-0.2, -0.15) is 0 Å². The maximum Gasteiger partial charge on any atom is 0.331 e. The number of amides is 1. The van der Waals surface area contributed by atoms with E-state index in [1.807, 2.05) is 0 Å². The van der Waals surface area contributed by atoms with Crippen molar-refractivity contribution in [2.45, 2.75) is 0 Å². The van der Waals surface area contributed by atoms with Crippen LogP contribution in [0.5, 0.6) is 5.75 Å². The number of benzene rings is 1. The third-order valence-corrected chi connectivity index (χ3v) is 3.86. The van der Waals surface area contributed by atoms with Crippen LogP contribution in [0.15, 0.2) is 24.3 Å². The van der Waals surface area contributed by atoms with Crippen molar-refractivity contribution in [2.75, 3.05) is 12.3 Å². The predicted octanol–water partition coefficient (Wildman–Crippen LogP) is 2.11. The second kappa shape index (κ2) is 5.69. The summed E-state index contributed by atoms with van der Waals surface area (Å²) >= 11 is 11.9. The Bertz CT molecular complexity index is 488. The molecule has 0 aliphatic carbocycles. The SMILES string of the molecule is O=C(CN1C(=O)CSC1=S)Oc1ccc(Cl)cc1. The van der Waals surface area contributed by atoms with Crippen molar-refractivity contribution in [1.82, 2.24) is 4.90 Å². The number of thioether (sulfide) groups is 1. The summed E-state index contributed by atoms with van der Waals surface area (Å²) in [5.41, 5.74) is 0. The highest BCUT2D eigenvalue weighted by atomic mass is 35.5. The van der Waals surface area contributed by atoms with Crippen LogP contribution in [-0.2, 0) is 9.59 Å². The van der Waals surface area contributed by atoms with E-state index in [9.17, 15) is 9.59 Å². The molecular formula is C11H8ClNO3S2. The minimum atomic E-state index is -0.532. The highest BCUT2D eigenvalue weighted by molar-refractivity contribution is 8.23. The fourth-order valence-corrected chi connectivity index (χ4v) is 2.52. The summed E-state index contributed by atoms with van der Waals surface area (Å²) in [6.45, 7) is -0.159. The topological polar surface area (TPSA) is 46.6 Å². The van der Waals surface area contributed by atoms with Crippen LogP contribution in [0.2, 0.25) is 5.02 Å². The summed E-state index contributed by atoms with van der Waals surface area (Å²) in [4.78, 5) is 24.3. The van der Waals surface area contributed by atoms with E-state index in [0.29, 0.717) is 15.1 Å². The molecule has 1 aromatic carbocycles. The van der Waals surface area contributed by atoms with E-state index in [-0.39, 0.29) is 18.2 Å². The molecule has 0 aromatic heterocycles. The van der Waals surface area contributed by atoms with Crippen LogP contribution in [0.1, 0.15) is 0 Å². The maximum atomic E-state index is 11.6. The Morgan fingerprint density at radius 2 is 2.11 bits per heavy atom. The molecule has 1 aliphatic rings. The lowest BCUT2D eigenvalue weighted by Gasteiger charge is -2.13. The van der Waals surface area contributed by atoms with Crippen LogP contribution in [0.3, 0.4) is 0 Å². The van der Waals surface area contributed by atoms with Crippen LogP contribution in [0.25, 0.3) is 0 Å². The van der Waals surface area contributed by atoms with Crippen LogP contribution >= 0.6 is 35.6 Å². The summed E-state index contributed by atoms with van der Waals surface area (Å²) in [5.74, 6) is -0.0317. The zero-order valence-corrected chi connectivity index (χ0v) is 11.5. The van der Waals surface area contributed by atoms with Gasteiger partial charge in [-0.1, -0.05) is 35.6 Å². The molecule has 1 saturated heterocycles. The van der Waals surface area contributed by atoms with Gasteiger partial charge >= 0.3 is 5.97 Å². The number of nitrogens with zero attached hydrogens (tertiary/aromatic N) is 1. The number of thiocarbonyl (C=S) groups is 1. The third kappa shape index (κ3) is 3.22. The van der Waals surface area contributed by atoms with Gasteiger partial charge in [0.2, 0.25) is 5.91 Å². The molecule has 2 rings (SSSR count). The molecule has 0 spiro atoms.